The molecule has 3 rings (SSSR count). The van der Waals surface area contributed by atoms with Gasteiger partial charge < -0.3 is 15.0 Å². The zero-order valence-corrected chi connectivity index (χ0v) is 15.7. The fraction of sp³-hybridized carbons (Fsp3) is 0.200. The van der Waals surface area contributed by atoms with Gasteiger partial charge in [0.25, 0.3) is 0 Å². The van der Waals surface area contributed by atoms with E-state index >= 15 is 0 Å². The van der Waals surface area contributed by atoms with E-state index in [0.717, 1.165) is 34.3 Å². The molecule has 0 aliphatic carbocycles. The van der Waals surface area contributed by atoms with Gasteiger partial charge in [0.15, 0.2) is 5.11 Å². The molecule has 0 amide bonds. The number of aryl methyl sites for hydroxylation is 2. The van der Waals surface area contributed by atoms with E-state index < -0.39 is 0 Å². The molecule has 0 atom stereocenters. The zero-order chi connectivity index (χ0) is 18.5. The van der Waals surface area contributed by atoms with E-state index in [9.17, 15) is 0 Å². The van der Waals surface area contributed by atoms with Crippen LogP contribution in [0.3, 0.4) is 0 Å². The molecule has 3 N–H and O–H groups in total. The smallest absolute Gasteiger partial charge is 0.184 e. The highest BCUT2D eigenvalue weighted by Gasteiger charge is 2.07. The molecule has 0 radical (unpaired) electrons. The van der Waals surface area contributed by atoms with Crippen LogP contribution in [0.15, 0.2) is 53.8 Å². The van der Waals surface area contributed by atoms with Crippen molar-refractivity contribution in [3.05, 3.63) is 65.4 Å². The number of thiocarbonyl (C=S) groups is 1. The van der Waals surface area contributed by atoms with Crippen molar-refractivity contribution in [2.75, 3.05) is 6.61 Å². The molecule has 6 heteroatoms. The van der Waals surface area contributed by atoms with Crippen molar-refractivity contribution >= 4 is 34.4 Å². The SMILES string of the molecule is Cc1ccc(OCCn2cc(C=NNC(N)=S)c3ccccc32)c(C)c1. The zero-order valence-electron chi connectivity index (χ0n) is 14.9. The van der Waals surface area contributed by atoms with Gasteiger partial charge >= 0.3 is 0 Å². The van der Waals surface area contributed by atoms with Gasteiger partial charge in [-0.2, -0.15) is 5.10 Å². The van der Waals surface area contributed by atoms with Gasteiger partial charge in [-0.25, -0.2) is 0 Å². The predicted molar refractivity (Wildman–Crippen MR) is 111 cm³/mol. The number of hydrogen-bond acceptors (Lipinski definition) is 3. The van der Waals surface area contributed by atoms with Gasteiger partial charge in [-0.05, 0) is 43.8 Å². The maximum atomic E-state index is 5.97. The molecule has 0 aliphatic heterocycles. The minimum atomic E-state index is 0.145. The number of nitrogens with zero attached hydrogens (tertiary/aromatic N) is 2. The van der Waals surface area contributed by atoms with Crippen LogP contribution in [-0.2, 0) is 6.54 Å². The Morgan fingerprint density at radius 1 is 1.27 bits per heavy atom. The minimum Gasteiger partial charge on any atom is -0.491 e. The van der Waals surface area contributed by atoms with Crippen LogP contribution in [0.1, 0.15) is 16.7 Å². The Morgan fingerprint density at radius 2 is 2.08 bits per heavy atom. The van der Waals surface area contributed by atoms with Crippen LogP contribution in [0.5, 0.6) is 5.75 Å². The second-order valence-corrected chi connectivity index (χ2v) is 6.59. The van der Waals surface area contributed by atoms with Gasteiger partial charge in [0.1, 0.15) is 12.4 Å². The Morgan fingerprint density at radius 3 is 2.85 bits per heavy atom. The molecular formula is C20H22N4OS. The molecular weight excluding hydrogens is 344 g/mol. The summed E-state index contributed by atoms with van der Waals surface area (Å²) < 4.78 is 8.13. The third kappa shape index (κ3) is 4.21. The Labute approximate surface area is 158 Å². The highest BCUT2D eigenvalue weighted by atomic mass is 32.1. The summed E-state index contributed by atoms with van der Waals surface area (Å²) in [6.45, 7) is 5.48. The number of hydrazone groups is 1. The Bertz CT molecular complexity index is 962. The maximum absolute atomic E-state index is 5.97. The number of nitrogens with two attached hydrogens (primary N) is 1. The average molecular weight is 366 g/mol. The molecule has 0 unspecified atom stereocenters. The largest absolute Gasteiger partial charge is 0.491 e. The fourth-order valence-corrected chi connectivity index (χ4v) is 3.00. The molecule has 0 aliphatic rings. The van der Waals surface area contributed by atoms with Crippen molar-refractivity contribution < 1.29 is 4.74 Å². The van der Waals surface area contributed by atoms with Crippen LogP contribution in [0.4, 0.5) is 0 Å². The van der Waals surface area contributed by atoms with Crippen molar-refractivity contribution in [2.45, 2.75) is 20.4 Å². The number of hydrogen-bond donors (Lipinski definition) is 2. The minimum absolute atomic E-state index is 0.145. The Kier molecular flexibility index (Phi) is 5.53. The first kappa shape index (κ1) is 17.9. The molecule has 3 aromatic rings. The van der Waals surface area contributed by atoms with Crippen LogP contribution < -0.4 is 15.9 Å². The summed E-state index contributed by atoms with van der Waals surface area (Å²) in [5.41, 5.74) is 12.5. The average Bonchev–Trinajstić information content (AvgIpc) is 2.95. The van der Waals surface area contributed by atoms with Crippen LogP contribution in [-0.4, -0.2) is 22.5 Å². The lowest BCUT2D eigenvalue weighted by Gasteiger charge is -2.11. The van der Waals surface area contributed by atoms with Gasteiger partial charge in [-0.15, -0.1) is 0 Å². The summed E-state index contributed by atoms with van der Waals surface area (Å²) in [7, 11) is 0. The van der Waals surface area contributed by atoms with Crippen LogP contribution in [0.2, 0.25) is 0 Å². The topological polar surface area (TPSA) is 64.6 Å². The van der Waals surface area contributed by atoms with E-state index in [1.165, 1.54) is 5.56 Å². The van der Waals surface area contributed by atoms with E-state index in [2.05, 4.69) is 59.4 Å². The normalized spacial score (nSPS) is 11.2. The first-order valence-corrected chi connectivity index (χ1v) is 8.82. The molecule has 0 fully saturated rings. The summed E-state index contributed by atoms with van der Waals surface area (Å²) in [6, 6.07) is 14.4. The van der Waals surface area contributed by atoms with Crippen molar-refractivity contribution in [3.8, 4) is 5.75 Å². The first-order chi connectivity index (χ1) is 12.5. The third-order valence-corrected chi connectivity index (χ3v) is 4.21. The van der Waals surface area contributed by atoms with Gasteiger partial charge in [-0.3, -0.25) is 5.43 Å². The van der Waals surface area contributed by atoms with E-state index in [4.69, 9.17) is 22.7 Å². The molecule has 2 aromatic carbocycles. The van der Waals surface area contributed by atoms with Crippen LogP contribution in [0, 0.1) is 13.8 Å². The van der Waals surface area contributed by atoms with E-state index in [-0.39, 0.29) is 5.11 Å². The van der Waals surface area contributed by atoms with Crippen molar-refractivity contribution in [3.63, 3.8) is 0 Å². The van der Waals surface area contributed by atoms with Gasteiger partial charge in [0, 0.05) is 22.7 Å². The van der Waals surface area contributed by atoms with E-state index in [0.29, 0.717) is 6.61 Å². The molecule has 0 saturated carbocycles. The van der Waals surface area contributed by atoms with Crippen molar-refractivity contribution in [1.82, 2.24) is 9.99 Å². The Hall–Kier alpha value is -2.86. The van der Waals surface area contributed by atoms with Crippen molar-refractivity contribution in [2.24, 2.45) is 10.8 Å². The molecule has 134 valence electrons. The standard InChI is InChI=1S/C20H22N4OS/c1-14-7-8-19(15(2)11-14)25-10-9-24-13-16(12-22-23-20(21)26)17-5-3-4-6-18(17)24/h3-8,11-13H,9-10H2,1-2H3,(H3,21,23,26). The second-order valence-electron chi connectivity index (χ2n) is 6.15. The summed E-state index contributed by atoms with van der Waals surface area (Å²) >= 11 is 4.77. The molecule has 1 heterocycles. The fourth-order valence-electron chi connectivity index (χ4n) is 2.94. The van der Waals surface area contributed by atoms with Crippen LogP contribution in [0.25, 0.3) is 10.9 Å². The van der Waals surface area contributed by atoms with E-state index in [1.807, 2.05) is 18.2 Å². The molecule has 0 bridgehead atoms. The highest BCUT2D eigenvalue weighted by molar-refractivity contribution is 7.80. The van der Waals surface area contributed by atoms with Crippen molar-refractivity contribution in [1.29, 1.82) is 0 Å². The number of nitrogens with one attached hydrogen (secondary N) is 1. The number of aromatic nitrogens is 1. The van der Waals surface area contributed by atoms with Crippen LogP contribution >= 0.6 is 12.2 Å². The highest BCUT2D eigenvalue weighted by Crippen LogP contribution is 2.21. The lowest BCUT2D eigenvalue weighted by molar-refractivity contribution is 0.298. The summed E-state index contributed by atoms with van der Waals surface area (Å²) in [5.74, 6) is 0.925. The number of ether oxygens (including phenoxy) is 1. The number of benzene rings is 2. The molecule has 1 aromatic heterocycles. The molecule has 0 saturated heterocycles. The quantitative estimate of drug-likeness (QED) is 0.398. The molecule has 5 nitrogen and oxygen atoms in total. The maximum Gasteiger partial charge on any atom is 0.184 e. The number of rotatable bonds is 6. The lowest BCUT2D eigenvalue weighted by Crippen LogP contribution is -2.23. The molecule has 0 spiro atoms. The first-order valence-electron chi connectivity index (χ1n) is 8.41. The van der Waals surface area contributed by atoms with Gasteiger partial charge in [-0.1, -0.05) is 35.9 Å². The summed E-state index contributed by atoms with van der Waals surface area (Å²) in [5, 5.41) is 5.33. The molecule has 26 heavy (non-hydrogen) atoms. The van der Waals surface area contributed by atoms with Gasteiger partial charge in [0.05, 0.1) is 12.8 Å². The number of para-hydroxylation sites is 1. The lowest BCUT2D eigenvalue weighted by atomic mass is 10.1. The third-order valence-electron chi connectivity index (χ3n) is 4.12. The summed E-state index contributed by atoms with van der Waals surface area (Å²) in [4.78, 5) is 0. The summed E-state index contributed by atoms with van der Waals surface area (Å²) in [6.07, 6.45) is 3.78. The monoisotopic (exact) mass is 366 g/mol. The number of fused-ring (bicyclic) bond motifs is 1. The second kappa shape index (κ2) is 8.01. The Balaban J connectivity index is 1.75. The van der Waals surface area contributed by atoms with Gasteiger partial charge in [0.2, 0.25) is 0 Å². The van der Waals surface area contributed by atoms with E-state index in [1.54, 1.807) is 6.21 Å². The predicted octanol–water partition coefficient (Wildman–Crippen LogP) is 3.50.